The van der Waals surface area contributed by atoms with Crippen LogP contribution in [-0.4, -0.2) is 26.4 Å². The molecule has 2 saturated heterocycles. The lowest BCUT2D eigenvalue weighted by Gasteiger charge is -2.39. The fourth-order valence-corrected chi connectivity index (χ4v) is 2.08. The molecule has 0 saturated carbocycles. The lowest BCUT2D eigenvalue weighted by atomic mass is 9.91. The molecule has 2 aliphatic rings. The average Bonchev–Trinajstić information content (AvgIpc) is 2.31. The lowest BCUT2D eigenvalue weighted by molar-refractivity contribution is -0.184. The normalized spacial score (nSPS) is 29.7. The molecule has 1 spiro atoms. The van der Waals surface area contributed by atoms with Crippen LogP contribution in [-0.2, 0) is 18.9 Å². The molecule has 0 unspecified atom stereocenters. The van der Waals surface area contributed by atoms with Gasteiger partial charge in [-0.05, 0) is 45.2 Å². The van der Waals surface area contributed by atoms with Crippen LogP contribution in [0.4, 0.5) is 0 Å². The van der Waals surface area contributed by atoms with Gasteiger partial charge >= 0.3 is 0 Å². The van der Waals surface area contributed by atoms with Gasteiger partial charge in [-0.1, -0.05) is 0 Å². The van der Waals surface area contributed by atoms with Gasteiger partial charge in [0.15, 0.2) is 0 Å². The van der Waals surface area contributed by atoms with Crippen molar-refractivity contribution in [2.24, 2.45) is 5.41 Å². The molecule has 84 valence electrons. The van der Waals surface area contributed by atoms with Crippen molar-refractivity contribution in [3.8, 4) is 0 Å². The summed E-state index contributed by atoms with van der Waals surface area (Å²) in [5.74, 6) is 1.16. The standard InChI is InChI=1S/C9H10I2O4/c10-1-7-12-3-9(4-13-7)5-14-8(2-11)15-6-9/h1-2H,3-6H2. The minimum absolute atomic E-state index is 0.160. The first-order chi connectivity index (χ1) is 7.28. The molecule has 0 aromatic carbocycles. The second-order valence-corrected chi connectivity index (χ2v) is 4.76. The third-order valence-corrected chi connectivity index (χ3v) is 3.28. The van der Waals surface area contributed by atoms with Crippen molar-refractivity contribution in [3.05, 3.63) is 20.1 Å². The molecule has 0 aromatic rings. The van der Waals surface area contributed by atoms with E-state index in [-0.39, 0.29) is 5.41 Å². The summed E-state index contributed by atoms with van der Waals surface area (Å²) >= 11 is 4.18. The molecule has 6 heteroatoms. The third-order valence-electron chi connectivity index (χ3n) is 2.26. The SMILES string of the molecule is IC=C1OCC2(CO1)COC(=CI)OC2. The van der Waals surface area contributed by atoms with Gasteiger partial charge in [0.25, 0.3) is 11.9 Å². The fraction of sp³-hybridized carbons (Fsp3) is 0.556. The first-order valence-electron chi connectivity index (χ1n) is 4.40. The van der Waals surface area contributed by atoms with E-state index in [0.717, 1.165) is 0 Å². The maximum atomic E-state index is 5.44. The monoisotopic (exact) mass is 436 g/mol. The highest BCUT2D eigenvalue weighted by atomic mass is 127. The molecule has 2 aliphatic heterocycles. The Morgan fingerprint density at radius 1 is 0.800 bits per heavy atom. The summed E-state index contributed by atoms with van der Waals surface area (Å²) in [4.78, 5) is 0. The van der Waals surface area contributed by atoms with Crippen molar-refractivity contribution < 1.29 is 18.9 Å². The molecule has 2 heterocycles. The topological polar surface area (TPSA) is 36.9 Å². The van der Waals surface area contributed by atoms with Crippen molar-refractivity contribution in [1.29, 1.82) is 0 Å². The summed E-state index contributed by atoms with van der Waals surface area (Å²) in [5.41, 5.74) is -0.160. The summed E-state index contributed by atoms with van der Waals surface area (Å²) in [6.45, 7) is 2.32. The molecule has 0 amide bonds. The van der Waals surface area contributed by atoms with Crippen LogP contribution >= 0.6 is 45.2 Å². The molecule has 0 atom stereocenters. The Labute approximate surface area is 115 Å². The average molecular weight is 436 g/mol. The number of hydrogen-bond donors (Lipinski definition) is 0. The van der Waals surface area contributed by atoms with E-state index in [4.69, 9.17) is 18.9 Å². The number of rotatable bonds is 0. The van der Waals surface area contributed by atoms with Crippen LogP contribution in [0.25, 0.3) is 0 Å². The van der Waals surface area contributed by atoms with Gasteiger partial charge < -0.3 is 18.9 Å². The molecule has 2 rings (SSSR count). The summed E-state index contributed by atoms with van der Waals surface area (Å²) in [5, 5.41) is 0. The zero-order valence-corrected chi connectivity index (χ0v) is 12.2. The van der Waals surface area contributed by atoms with E-state index in [1.165, 1.54) is 0 Å². The molecular formula is C9H10I2O4. The predicted molar refractivity (Wildman–Crippen MR) is 70.4 cm³/mol. The van der Waals surface area contributed by atoms with Gasteiger partial charge in [0.05, 0.1) is 8.17 Å². The van der Waals surface area contributed by atoms with E-state index in [0.29, 0.717) is 38.3 Å². The molecule has 15 heavy (non-hydrogen) atoms. The molecule has 0 radical (unpaired) electrons. The Balaban J connectivity index is 1.94. The van der Waals surface area contributed by atoms with Gasteiger partial charge in [-0.25, -0.2) is 0 Å². The molecule has 0 aromatic heterocycles. The van der Waals surface area contributed by atoms with E-state index < -0.39 is 0 Å². The zero-order valence-electron chi connectivity index (χ0n) is 7.87. The highest BCUT2D eigenvalue weighted by molar-refractivity contribution is 14.1. The Morgan fingerprint density at radius 2 is 1.13 bits per heavy atom. The van der Waals surface area contributed by atoms with E-state index >= 15 is 0 Å². The second-order valence-electron chi connectivity index (χ2n) is 3.51. The van der Waals surface area contributed by atoms with Crippen molar-refractivity contribution in [2.75, 3.05) is 26.4 Å². The minimum Gasteiger partial charge on any atom is -0.464 e. The Morgan fingerprint density at radius 3 is 1.40 bits per heavy atom. The summed E-state index contributed by atoms with van der Waals surface area (Å²) < 4.78 is 25.3. The minimum atomic E-state index is -0.160. The van der Waals surface area contributed by atoms with Crippen LogP contribution in [0.15, 0.2) is 20.1 Å². The zero-order chi connectivity index (χ0) is 10.7. The molecule has 2 fully saturated rings. The maximum Gasteiger partial charge on any atom is 0.285 e. The van der Waals surface area contributed by atoms with Crippen LogP contribution in [0.2, 0.25) is 0 Å². The van der Waals surface area contributed by atoms with Gasteiger partial charge in [-0.15, -0.1) is 0 Å². The van der Waals surface area contributed by atoms with Crippen LogP contribution < -0.4 is 0 Å². The summed E-state index contributed by atoms with van der Waals surface area (Å²) in [6, 6.07) is 0. The van der Waals surface area contributed by atoms with Crippen LogP contribution in [0, 0.1) is 5.41 Å². The van der Waals surface area contributed by atoms with Crippen molar-refractivity contribution in [3.63, 3.8) is 0 Å². The number of halogens is 2. The van der Waals surface area contributed by atoms with E-state index in [9.17, 15) is 0 Å². The van der Waals surface area contributed by atoms with Crippen molar-refractivity contribution in [1.82, 2.24) is 0 Å². The Hall–Kier alpha value is 0.140. The number of hydrogen-bond acceptors (Lipinski definition) is 4. The highest BCUT2D eigenvalue weighted by Crippen LogP contribution is 2.32. The third kappa shape index (κ3) is 2.63. The fourth-order valence-electron chi connectivity index (χ4n) is 1.36. The molecule has 4 nitrogen and oxygen atoms in total. The maximum absolute atomic E-state index is 5.44. The van der Waals surface area contributed by atoms with Gasteiger partial charge in [0, 0.05) is 0 Å². The van der Waals surface area contributed by atoms with Crippen LogP contribution in [0.3, 0.4) is 0 Å². The van der Waals surface area contributed by atoms with Gasteiger partial charge in [-0.3, -0.25) is 0 Å². The largest absolute Gasteiger partial charge is 0.464 e. The van der Waals surface area contributed by atoms with Crippen LogP contribution in [0.1, 0.15) is 0 Å². The second kappa shape index (κ2) is 4.98. The van der Waals surface area contributed by atoms with Crippen molar-refractivity contribution in [2.45, 2.75) is 0 Å². The Kier molecular flexibility index (Phi) is 3.86. The molecular weight excluding hydrogens is 426 g/mol. The number of ether oxygens (including phenoxy) is 4. The van der Waals surface area contributed by atoms with E-state index in [2.05, 4.69) is 45.2 Å². The predicted octanol–water partition coefficient (Wildman–Crippen LogP) is 2.53. The first kappa shape index (κ1) is 11.6. The van der Waals surface area contributed by atoms with Gasteiger partial charge in [0.2, 0.25) is 0 Å². The van der Waals surface area contributed by atoms with Gasteiger partial charge in [-0.2, -0.15) is 0 Å². The summed E-state index contributed by atoms with van der Waals surface area (Å²) in [6.07, 6.45) is 0. The smallest absolute Gasteiger partial charge is 0.285 e. The molecule has 0 bridgehead atoms. The van der Waals surface area contributed by atoms with E-state index in [1.54, 1.807) is 8.17 Å². The molecule has 0 aliphatic carbocycles. The van der Waals surface area contributed by atoms with E-state index in [1.807, 2.05) is 0 Å². The van der Waals surface area contributed by atoms with Crippen molar-refractivity contribution >= 4 is 45.2 Å². The van der Waals surface area contributed by atoms with Gasteiger partial charge in [0.1, 0.15) is 31.8 Å². The summed E-state index contributed by atoms with van der Waals surface area (Å²) in [7, 11) is 0. The first-order valence-corrected chi connectivity index (χ1v) is 6.89. The van der Waals surface area contributed by atoms with Crippen LogP contribution in [0.5, 0.6) is 0 Å². The molecule has 0 N–H and O–H groups in total. The lowest BCUT2D eigenvalue weighted by Crippen LogP contribution is -2.46. The highest BCUT2D eigenvalue weighted by Gasteiger charge is 2.41. The Bertz CT molecular complexity index is 247. The quantitative estimate of drug-likeness (QED) is 0.548.